The minimum atomic E-state index is 1.11. The zero-order valence-electron chi connectivity index (χ0n) is 39.4. The van der Waals surface area contributed by atoms with E-state index in [2.05, 4.69) is 292 Å². The number of benzene rings is 10. The Morgan fingerprint density at radius 1 is 0.191 bits per heavy atom. The number of para-hydroxylation sites is 6. The van der Waals surface area contributed by atoms with Gasteiger partial charge < -0.3 is 14.7 Å². The first-order chi connectivity index (χ1) is 33.3. The molecule has 0 aromatic heterocycles. The van der Waals surface area contributed by atoms with Crippen molar-refractivity contribution in [2.75, 3.05) is 14.7 Å². The number of hydrogen-bond donors (Lipinski definition) is 0. The molecular formula is C65H55N3. The molecule has 3 heteroatoms. The van der Waals surface area contributed by atoms with Crippen LogP contribution < -0.4 is 14.7 Å². The molecule has 10 rings (SSSR count). The second kappa shape index (κ2) is 19.2. The zero-order chi connectivity index (χ0) is 46.6. The van der Waals surface area contributed by atoms with Gasteiger partial charge in [-0.1, -0.05) is 146 Å². The second-order valence-corrected chi connectivity index (χ2v) is 17.7. The Kier molecular flexibility index (Phi) is 12.3. The molecule has 3 nitrogen and oxygen atoms in total. The van der Waals surface area contributed by atoms with E-state index in [0.29, 0.717) is 0 Å². The summed E-state index contributed by atoms with van der Waals surface area (Å²) in [5.74, 6) is 0. The first kappa shape index (κ1) is 43.5. The summed E-state index contributed by atoms with van der Waals surface area (Å²) in [6.45, 7) is 10.9. The van der Waals surface area contributed by atoms with E-state index < -0.39 is 0 Å². The summed E-state index contributed by atoms with van der Waals surface area (Å²) in [4.78, 5) is 7.11. The lowest BCUT2D eigenvalue weighted by Crippen LogP contribution is -2.12. The Balaban J connectivity index is 1.08. The van der Waals surface area contributed by atoms with E-state index in [1.807, 2.05) is 0 Å². The highest BCUT2D eigenvalue weighted by molar-refractivity contribution is 5.87. The van der Waals surface area contributed by atoms with Crippen LogP contribution in [0, 0.1) is 34.6 Å². The van der Waals surface area contributed by atoms with Gasteiger partial charge in [0.15, 0.2) is 0 Å². The highest BCUT2D eigenvalue weighted by Gasteiger charge is 2.20. The third kappa shape index (κ3) is 8.83. The van der Waals surface area contributed by atoms with Crippen LogP contribution in [0.3, 0.4) is 0 Å². The van der Waals surface area contributed by atoms with Crippen molar-refractivity contribution < 1.29 is 0 Å². The molecule has 0 spiro atoms. The first-order valence-electron chi connectivity index (χ1n) is 23.5. The Morgan fingerprint density at radius 3 is 0.691 bits per heavy atom. The average Bonchev–Trinajstić information content (AvgIpc) is 3.38. The quantitative estimate of drug-likeness (QED) is 0.121. The van der Waals surface area contributed by atoms with Crippen molar-refractivity contribution in [2.45, 2.75) is 34.6 Å². The largest absolute Gasteiger partial charge is 0.310 e. The molecule has 0 aliphatic heterocycles. The van der Waals surface area contributed by atoms with Crippen LogP contribution in [-0.4, -0.2) is 0 Å². The Bertz CT molecular complexity index is 3090. The van der Waals surface area contributed by atoms with E-state index in [1.54, 1.807) is 0 Å². The molecule has 10 aromatic rings. The second-order valence-electron chi connectivity index (χ2n) is 17.7. The van der Waals surface area contributed by atoms with Gasteiger partial charge in [-0.3, -0.25) is 0 Å². The maximum atomic E-state index is 2.38. The molecule has 0 saturated heterocycles. The SMILES string of the molecule is Cc1ccccc1N(c1ccccc1)c1ccc(-c2cc(-c3ccc(N(c4ccccc4C)c4ccccc4C)cc3)cc(-c3ccc(N(c4ccccc4C)c4ccccc4C)cc3)c2)cc1. The molecule has 0 heterocycles. The van der Waals surface area contributed by atoms with Crippen LogP contribution >= 0.6 is 0 Å². The van der Waals surface area contributed by atoms with Gasteiger partial charge in [-0.05, 0) is 193 Å². The third-order valence-corrected chi connectivity index (χ3v) is 13.1. The summed E-state index contributed by atoms with van der Waals surface area (Å²) in [6, 6.07) is 88.0. The van der Waals surface area contributed by atoms with E-state index >= 15 is 0 Å². The van der Waals surface area contributed by atoms with Crippen LogP contribution in [0.25, 0.3) is 33.4 Å². The molecule has 68 heavy (non-hydrogen) atoms. The van der Waals surface area contributed by atoms with Crippen molar-refractivity contribution in [2.24, 2.45) is 0 Å². The van der Waals surface area contributed by atoms with E-state index in [1.165, 1.54) is 50.6 Å². The molecule has 0 saturated carbocycles. The van der Waals surface area contributed by atoms with Crippen molar-refractivity contribution in [3.05, 3.63) is 270 Å². The summed E-state index contributed by atoms with van der Waals surface area (Å²) in [6.07, 6.45) is 0. The number of rotatable bonds is 12. The molecule has 0 amide bonds. The summed E-state index contributed by atoms with van der Waals surface area (Å²) in [5, 5.41) is 0. The smallest absolute Gasteiger partial charge is 0.0490 e. The molecule has 0 N–H and O–H groups in total. The van der Waals surface area contributed by atoms with Crippen molar-refractivity contribution in [3.8, 4) is 33.4 Å². The van der Waals surface area contributed by atoms with Gasteiger partial charge in [0.05, 0.1) is 0 Å². The predicted octanol–water partition coefficient (Wildman–Crippen LogP) is 18.6. The molecule has 0 radical (unpaired) electrons. The van der Waals surface area contributed by atoms with Crippen molar-refractivity contribution in [3.63, 3.8) is 0 Å². The van der Waals surface area contributed by atoms with Gasteiger partial charge in [0.2, 0.25) is 0 Å². The van der Waals surface area contributed by atoms with Crippen molar-refractivity contribution >= 4 is 51.2 Å². The van der Waals surface area contributed by atoms with Gasteiger partial charge in [-0.15, -0.1) is 0 Å². The molecule has 0 atom stereocenters. The maximum Gasteiger partial charge on any atom is 0.0490 e. The lowest BCUT2D eigenvalue weighted by Gasteiger charge is -2.28. The highest BCUT2D eigenvalue weighted by atomic mass is 15.2. The minimum absolute atomic E-state index is 1.11. The molecule has 330 valence electrons. The van der Waals surface area contributed by atoms with Crippen molar-refractivity contribution in [1.82, 2.24) is 0 Å². The standard InChI is InChI=1S/C65H55N3/c1-46-19-9-14-26-61(46)66(57-24-7-6-8-25-57)58-37-31-51(32-38-58)54-43-55(52-33-39-59(40-34-52)67(62-27-15-10-20-47(62)2)63-28-16-11-21-48(63)3)45-56(44-54)53-35-41-60(42-36-53)68(64-29-17-12-22-49(64)4)65-30-18-13-23-50(65)5/h6-45H,1-5H3. The minimum Gasteiger partial charge on any atom is -0.310 e. The van der Waals surface area contributed by atoms with Crippen LogP contribution in [0.2, 0.25) is 0 Å². The van der Waals surface area contributed by atoms with Gasteiger partial charge in [0.1, 0.15) is 0 Å². The predicted molar refractivity (Wildman–Crippen MR) is 290 cm³/mol. The van der Waals surface area contributed by atoms with Gasteiger partial charge in [0.25, 0.3) is 0 Å². The number of anilines is 9. The van der Waals surface area contributed by atoms with Gasteiger partial charge >= 0.3 is 0 Å². The number of hydrogen-bond acceptors (Lipinski definition) is 3. The lowest BCUT2D eigenvalue weighted by molar-refractivity contribution is 1.23. The number of nitrogens with zero attached hydrogens (tertiary/aromatic N) is 3. The van der Waals surface area contributed by atoms with E-state index in [4.69, 9.17) is 0 Å². The zero-order valence-corrected chi connectivity index (χ0v) is 39.4. The van der Waals surface area contributed by atoms with E-state index in [-0.39, 0.29) is 0 Å². The van der Waals surface area contributed by atoms with Crippen LogP contribution in [0.15, 0.2) is 243 Å². The summed E-state index contributed by atoms with van der Waals surface area (Å²) in [7, 11) is 0. The summed E-state index contributed by atoms with van der Waals surface area (Å²) < 4.78 is 0. The normalized spacial score (nSPS) is 11.0. The molecule has 0 aliphatic rings. The van der Waals surface area contributed by atoms with Crippen LogP contribution in [0.5, 0.6) is 0 Å². The van der Waals surface area contributed by atoms with Crippen molar-refractivity contribution in [1.29, 1.82) is 0 Å². The topological polar surface area (TPSA) is 9.72 Å². The molecule has 0 aliphatic carbocycles. The Labute approximate surface area is 402 Å². The average molecular weight is 878 g/mol. The van der Waals surface area contributed by atoms with E-state index in [9.17, 15) is 0 Å². The summed E-state index contributed by atoms with van der Waals surface area (Å²) in [5.41, 5.74) is 23.3. The molecular weight excluding hydrogens is 823 g/mol. The monoisotopic (exact) mass is 877 g/mol. The van der Waals surface area contributed by atoms with Crippen LogP contribution in [0.1, 0.15) is 27.8 Å². The molecule has 0 bridgehead atoms. The summed E-state index contributed by atoms with van der Waals surface area (Å²) >= 11 is 0. The van der Waals surface area contributed by atoms with E-state index in [0.717, 1.165) is 61.8 Å². The van der Waals surface area contributed by atoms with Gasteiger partial charge in [0, 0.05) is 51.2 Å². The highest BCUT2D eigenvalue weighted by Crippen LogP contribution is 2.43. The Morgan fingerprint density at radius 2 is 0.412 bits per heavy atom. The maximum absolute atomic E-state index is 2.38. The van der Waals surface area contributed by atoms with Crippen LogP contribution in [0.4, 0.5) is 51.2 Å². The fourth-order valence-corrected chi connectivity index (χ4v) is 9.43. The third-order valence-electron chi connectivity index (χ3n) is 13.1. The lowest BCUT2D eigenvalue weighted by atomic mass is 9.93. The first-order valence-corrected chi connectivity index (χ1v) is 23.5. The molecule has 10 aromatic carbocycles. The Hall–Kier alpha value is -8.40. The fourth-order valence-electron chi connectivity index (χ4n) is 9.43. The van der Waals surface area contributed by atoms with Gasteiger partial charge in [-0.2, -0.15) is 0 Å². The fraction of sp³-hybridized carbons (Fsp3) is 0.0769. The number of aryl methyl sites for hydroxylation is 5. The van der Waals surface area contributed by atoms with Crippen LogP contribution in [-0.2, 0) is 0 Å². The molecule has 0 unspecified atom stereocenters. The van der Waals surface area contributed by atoms with Gasteiger partial charge in [-0.25, -0.2) is 0 Å². The molecule has 0 fully saturated rings.